The van der Waals surface area contributed by atoms with E-state index in [0.717, 1.165) is 12.8 Å². The minimum absolute atomic E-state index is 0.0106. The minimum atomic E-state index is -3.49. The number of unbranched alkanes of at least 4 members (excludes halogenated alkanes) is 6. The summed E-state index contributed by atoms with van der Waals surface area (Å²) in [6.45, 7) is 3.44. The maximum Gasteiger partial charge on any atom is 0.395 e. The summed E-state index contributed by atoms with van der Waals surface area (Å²) in [7, 11) is -0.953. The number of hydrogen-bond acceptors (Lipinski definition) is 5. The molecule has 0 fully saturated rings. The molecular weight excluding hydrogens is 279 g/mol. The van der Waals surface area contributed by atoms with Gasteiger partial charge in [0, 0.05) is 21.1 Å². The molecule has 0 aliphatic rings. The van der Waals surface area contributed by atoms with Gasteiger partial charge < -0.3 is 13.8 Å². The number of esters is 1. The van der Waals surface area contributed by atoms with Gasteiger partial charge in [0.25, 0.3) is 0 Å². The van der Waals surface area contributed by atoms with Crippen molar-refractivity contribution < 1.29 is 23.1 Å². The molecule has 0 bridgehead atoms. The van der Waals surface area contributed by atoms with E-state index in [1.807, 2.05) is 0 Å². The van der Waals surface area contributed by atoms with Crippen LogP contribution in [-0.4, -0.2) is 20.2 Å². The van der Waals surface area contributed by atoms with Crippen molar-refractivity contribution in [2.45, 2.75) is 58.8 Å². The van der Waals surface area contributed by atoms with Gasteiger partial charge in [0.2, 0.25) is 5.50 Å². The van der Waals surface area contributed by atoms with Crippen LogP contribution in [0.5, 0.6) is 0 Å². The van der Waals surface area contributed by atoms with Gasteiger partial charge in [-0.2, -0.15) is 0 Å². The van der Waals surface area contributed by atoms with Crippen molar-refractivity contribution in [3.05, 3.63) is 11.6 Å². The lowest BCUT2D eigenvalue weighted by Crippen LogP contribution is -2.03. The highest BCUT2D eigenvalue weighted by Crippen LogP contribution is 2.55. The molecule has 0 amide bonds. The van der Waals surface area contributed by atoms with Gasteiger partial charge in [-0.3, -0.25) is 9.36 Å². The van der Waals surface area contributed by atoms with Crippen LogP contribution in [0.15, 0.2) is 11.6 Å². The Morgan fingerprint density at radius 2 is 1.60 bits per heavy atom. The third-order valence-corrected chi connectivity index (χ3v) is 4.65. The summed E-state index contributed by atoms with van der Waals surface area (Å²) in [5.74, 6) is -0.534. The molecule has 0 aromatic heterocycles. The molecule has 0 saturated carbocycles. The average molecular weight is 306 g/mol. The first-order valence-corrected chi connectivity index (χ1v) is 8.65. The average Bonchev–Trinajstić information content (AvgIpc) is 2.43. The first-order chi connectivity index (χ1) is 9.50. The molecule has 0 N–H and O–H groups in total. The minimum Gasteiger partial charge on any atom is -0.418 e. The van der Waals surface area contributed by atoms with E-state index in [1.54, 1.807) is 6.08 Å². The van der Waals surface area contributed by atoms with Crippen molar-refractivity contribution in [2.24, 2.45) is 0 Å². The third kappa shape index (κ3) is 7.83. The summed E-state index contributed by atoms with van der Waals surface area (Å²) in [6, 6.07) is 0. The maximum atomic E-state index is 12.2. The van der Waals surface area contributed by atoms with E-state index in [2.05, 4.69) is 6.92 Å². The number of hydrogen-bond donors (Lipinski definition) is 0. The molecule has 0 rings (SSSR count). The molecule has 0 heterocycles. The number of ether oxygens (including phenoxy) is 1. The predicted molar refractivity (Wildman–Crippen MR) is 79.5 cm³/mol. The molecule has 0 spiro atoms. The van der Waals surface area contributed by atoms with Crippen molar-refractivity contribution in [1.82, 2.24) is 0 Å². The lowest BCUT2D eigenvalue weighted by Gasteiger charge is -2.16. The van der Waals surface area contributed by atoms with Crippen LogP contribution in [0.25, 0.3) is 0 Å². The van der Waals surface area contributed by atoms with E-state index in [-0.39, 0.29) is 5.50 Å². The van der Waals surface area contributed by atoms with Crippen molar-refractivity contribution in [1.29, 1.82) is 0 Å². The molecule has 0 aromatic rings. The van der Waals surface area contributed by atoms with Gasteiger partial charge in [-0.1, -0.05) is 39.0 Å². The summed E-state index contributed by atoms with van der Waals surface area (Å²) >= 11 is 0. The largest absolute Gasteiger partial charge is 0.418 e. The Morgan fingerprint density at radius 3 is 2.10 bits per heavy atom. The fourth-order valence-electron chi connectivity index (χ4n) is 1.76. The molecular formula is C14H27O5P. The van der Waals surface area contributed by atoms with E-state index in [4.69, 9.17) is 13.8 Å². The summed E-state index contributed by atoms with van der Waals surface area (Å²) in [5.41, 5.74) is -0.0106. The van der Waals surface area contributed by atoms with Crippen LogP contribution in [0.3, 0.4) is 0 Å². The van der Waals surface area contributed by atoms with E-state index in [9.17, 15) is 9.36 Å². The Balaban J connectivity index is 4.37. The standard InChI is InChI=1S/C14H27O5P/c1-5-6-7-8-9-10-11-12-14(19-13(2)15)20(16,17-3)18-4/h12H,5-11H2,1-4H3/b14-12+. The predicted octanol–water partition coefficient (Wildman–Crippen LogP) is 4.63. The highest BCUT2D eigenvalue weighted by Gasteiger charge is 2.30. The van der Waals surface area contributed by atoms with Crippen LogP contribution < -0.4 is 0 Å². The SMILES string of the molecule is CCCCCCCC/C=C(\OC(C)=O)P(=O)(OC)OC. The zero-order chi connectivity index (χ0) is 15.4. The Hall–Kier alpha value is -0.640. The second-order valence-corrected chi connectivity index (χ2v) is 6.72. The second kappa shape index (κ2) is 11.1. The highest BCUT2D eigenvalue weighted by molar-refractivity contribution is 7.58. The first kappa shape index (κ1) is 19.4. The van der Waals surface area contributed by atoms with Gasteiger partial charge in [-0.25, -0.2) is 0 Å². The molecule has 0 aliphatic carbocycles. The van der Waals surface area contributed by atoms with Crippen LogP contribution in [0.1, 0.15) is 58.8 Å². The molecule has 118 valence electrons. The van der Waals surface area contributed by atoms with E-state index in [0.29, 0.717) is 6.42 Å². The van der Waals surface area contributed by atoms with Crippen molar-refractivity contribution in [3.63, 3.8) is 0 Å². The number of rotatable bonds is 11. The van der Waals surface area contributed by atoms with Gasteiger partial charge in [0.1, 0.15) is 0 Å². The van der Waals surface area contributed by atoms with Crippen LogP contribution in [0.4, 0.5) is 0 Å². The fourth-order valence-corrected chi connectivity index (χ4v) is 2.86. The topological polar surface area (TPSA) is 61.8 Å². The normalized spacial score (nSPS) is 12.5. The van der Waals surface area contributed by atoms with Gasteiger partial charge >= 0.3 is 13.6 Å². The van der Waals surface area contributed by atoms with Crippen LogP contribution >= 0.6 is 7.60 Å². The third-order valence-electron chi connectivity index (χ3n) is 2.88. The molecule has 0 saturated heterocycles. The summed E-state index contributed by atoms with van der Waals surface area (Å²) < 4.78 is 26.8. The molecule has 20 heavy (non-hydrogen) atoms. The van der Waals surface area contributed by atoms with Crippen molar-refractivity contribution in [2.75, 3.05) is 14.2 Å². The summed E-state index contributed by atoms with van der Waals surface area (Å²) in [4.78, 5) is 11.0. The molecule has 0 aromatic carbocycles. The smallest absolute Gasteiger partial charge is 0.395 e. The van der Waals surface area contributed by atoms with E-state index < -0.39 is 13.6 Å². The fraction of sp³-hybridized carbons (Fsp3) is 0.786. The maximum absolute atomic E-state index is 12.2. The molecule has 0 radical (unpaired) electrons. The zero-order valence-corrected chi connectivity index (χ0v) is 13.9. The second-order valence-electron chi connectivity index (χ2n) is 4.56. The van der Waals surface area contributed by atoms with Crippen molar-refractivity contribution in [3.8, 4) is 0 Å². The first-order valence-electron chi connectivity index (χ1n) is 7.10. The van der Waals surface area contributed by atoms with Gasteiger partial charge in [0.15, 0.2) is 0 Å². The van der Waals surface area contributed by atoms with Crippen LogP contribution in [-0.2, 0) is 23.1 Å². The number of carbonyl (C=O) groups is 1. The Bertz CT molecular complexity index is 343. The molecule has 0 unspecified atom stereocenters. The van der Waals surface area contributed by atoms with Crippen molar-refractivity contribution >= 4 is 13.6 Å². The quantitative estimate of drug-likeness (QED) is 0.241. The zero-order valence-electron chi connectivity index (χ0n) is 13.0. The van der Waals surface area contributed by atoms with Crippen LogP contribution in [0, 0.1) is 0 Å². The van der Waals surface area contributed by atoms with Gasteiger partial charge in [-0.15, -0.1) is 0 Å². The Labute approximate surface area is 122 Å². The summed E-state index contributed by atoms with van der Waals surface area (Å²) in [6.07, 6.45) is 9.30. The van der Waals surface area contributed by atoms with Crippen LogP contribution in [0.2, 0.25) is 0 Å². The summed E-state index contributed by atoms with van der Waals surface area (Å²) in [5, 5.41) is 0. The number of allylic oxidation sites excluding steroid dienone is 1. The Kier molecular flexibility index (Phi) is 10.7. The van der Waals surface area contributed by atoms with E-state index >= 15 is 0 Å². The number of carbonyl (C=O) groups excluding carboxylic acids is 1. The van der Waals surface area contributed by atoms with E-state index in [1.165, 1.54) is 46.8 Å². The van der Waals surface area contributed by atoms with Gasteiger partial charge in [-0.05, 0) is 18.9 Å². The Morgan fingerprint density at radius 1 is 1.05 bits per heavy atom. The molecule has 0 atom stereocenters. The lowest BCUT2D eigenvalue weighted by molar-refractivity contribution is -0.136. The monoisotopic (exact) mass is 306 g/mol. The molecule has 6 heteroatoms. The lowest BCUT2D eigenvalue weighted by atomic mass is 10.1. The molecule has 5 nitrogen and oxygen atoms in total. The molecule has 0 aliphatic heterocycles. The highest BCUT2D eigenvalue weighted by atomic mass is 31.2. The van der Waals surface area contributed by atoms with Gasteiger partial charge in [0.05, 0.1) is 0 Å².